The van der Waals surface area contributed by atoms with Crippen molar-refractivity contribution >= 4 is 50.7 Å². The molecule has 2 aromatic rings. The molecule has 0 radical (unpaired) electrons. The lowest BCUT2D eigenvalue weighted by atomic mass is 10.2. The largest absolute Gasteiger partial charge is 0.378 e. The van der Waals surface area contributed by atoms with Crippen LogP contribution in [0.25, 0.3) is 16.2 Å². The lowest BCUT2D eigenvalue weighted by Gasteiger charge is -2.11. The molecule has 0 bridgehead atoms. The summed E-state index contributed by atoms with van der Waals surface area (Å²) in [6.45, 7) is 1.15. The second-order valence-corrected chi connectivity index (χ2v) is 6.99. The van der Waals surface area contributed by atoms with E-state index in [1.165, 1.54) is 0 Å². The van der Waals surface area contributed by atoms with Crippen molar-refractivity contribution < 1.29 is 9.53 Å². The van der Waals surface area contributed by atoms with Gasteiger partial charge < -0.3 is 15.0 Å². The monoisotopic (exact) mass is 377 g/mol. The number of carbonyl (C=O) groups excluding carboxylic acids is 1. The van der Waals surface area contributed by atoms with Crippen LogP contribution in [0.2, 0.25) is 0 Å². The number of carbonyl (C=O) groups is 1. The summed E-state index contributed by atoms with van der Waals surface area (Å²) in [5.41, 5.74) is 1.19. The van der Waals surface area contributed by atoms with E-state index in [9.17, 15) is 10.1 Å². The third-order valence-electron chi connectivity index (χ3n) is 3.44. The van der Waals surface area contributed by atoms with Crippen LogP contribution >= 0.6 is 22.9 Å². The van der Waals surface area contributed by atoms with Gasteiger partial charge in [0.05, 0.1) is 13.2 Å². The fraction of sp³-hybridized carbons (Fsp3) is 0.333. The number of ether oxygens (including phenoxy) is 1. The van der Waals surface area contributed by atoms with E-state index in [1.807, 2.05) is 43.3 Å². The number of alkyl halides is 1. The Morgan fingerprint density at radius 3 is 2.88 bits per heavy atom. The number of nitrogens with zero attached hydrogens (tertiary/aromatic N) is 2. The number of amides is 1. The number of hydrogen-bond acceptors (Lipinski definition) is 5. The van der Waals surface area contributed by atoms with Gasteiger partial charge in [-0.25, -0.2) is 0 Å². The van der Waals surface area contributed by atoms with Crippen LogP contribution in [0.5, 0.6) is 0 Å². The van der Waals surface area contributed by atoms with E-state index in [0.717, 1.165) is 20.7 Å². The number of thiophene rings is 1. The summed E-state index contributed by atoms with van der Waals surface area (Å²) < 4.78 is 6.30. The Balaban J connectivity index is 2.09. The van der Waals surface area contributed by atoms with Gasteiger partial charge in [0, 0.05) is 41.8 Å². The summed E-state index contributed by atoms with van der Waals surface area (Å²) >= 11 is 7.05. The fourth-order valence-corrected chi connectivity index (χ4v) is 3.32. The van der Waals surface area contributed by atoms with E-state index in [2.05, 4.69) is 11.4 Å². The third-order valence-corrected chi connectivity index (χ3v) is 4.64. The number of fused-ring (bicyclic) bond motifs is 1. The van der Waals surface area contributed by atoms with Gasteiger partial charge >= 0.3 is 0 Å². The highest BCUT2D eigenvalue weighted by atomic mass is 35.5. The molecule has 0 saturated heterocycles. The van der Waals surface area contributed by atoms with E-state index in [0.29, 0.717) is 25.6 Å². The Labute approximate surface area is 156 Å². The third kappa shape index (κ3) is 5.46. The minimum atomic E-state index is -0.400. The zero-order valence-corrected chi connectivity index (χ0v) is 15.8. The number of nitriles is 1. The predicted octanol–water partition coefficient (Wildman–Crippen LogP) is 3.25. The van der Waals surface area contributed by atoms with Gasteiger partial charge in [0.2, 0.25) is 0 Å². The molecule has 2 rings (SSSR count). The first-order valence-corrected chi connectivity index (χ1v) is 9.15. The summed E-state index contributed by atoms with van der Waals surface area (Å²) in [7, 11) is 3.98. The molecule has 25 heavy (non-hydrogen) atoms. The maximum atomic E-state index is 12.1. The molecule has 1 aromatic heterocycles. The van der Waals surface area contributed by atoms with Crippen LogP contribution in [0.3, 0.4) is 0 Å². The summed E-state index contributed by atoms with van der Waals surface area (Å²) in [6, 6.07) is 10.1. The molecule has 7 heteroatoms. The number of nitrogens with one attached hydrogen (secondary N) is 1. The first kappa shape index (κ1) is 19.3. The normalized spacial score (nSPS) is 11.4. The van der Waals surface area contributed by atoms with Gasteiger partial charge in [0.1, 0.15) is 11.6 Å². The van der Waals surface area contributed by atoms with E-state index in [4.69, 9.17) is 16.3 Å². The zero-order valence-electron chi connectivity index (χ0n) is 14.2. The predicted molar refractivity (Wildman–Crippen MR) is 104 cm³/mol. The van der Waals surface area contributed by atoms with Crippen LogP contribution in [0, 0.1) is 11.3 Å². The molecule has 1 amide bonds. The Hall–Kier alpha value is -2.07. The van der Waals surface area contributed by atoms with E-state index >= 15 is 0 Å². The van der Waals surface area contributed by atoms with Crippen molar-refractivity contribution in [3.05, 3.63) is 34.7 Å². The highest BCUT2D eigenvalue weighted by molar-refractivity contribution is 7.19. The van der Waals surface area contributed by atoms with Gasteiger partial charge in [-0.05, 0) is 29.7 Å². The van der Waals surface area contributed by atoms with Gasteiger partial charge in [-0.3, -0.25) is 4.79 Å². The number of anilines is 1. The highest BCUT2D eigenvalue weighted by Crippen LogP contribution is 2.30. The first-order valence-electron chi connectivity index (χ1n) is 7.79. The topological polar surface area (TPSA) is 65.4 Å². The second kappa shape index (κ2) is 9.42. The van der Waals surface area contributed by atoms with Crippen molar-refractivity contribution in [3.63, 3.8) is 0 Å². The summed E-state index contributed by atoms with van der Waals surface area (Å²) in [5.74, 6) is 0.0158. The highest BCUT2D eigenvalue weighted by Gasteiger charge is 2.10. The number of hydrogen-bond donors (Lipinski definition) is 1. The smallest absolute Gasteiger partial charge is 0.262 e. The number of benzene rings is 1. The molecular weight excluding hydrogens is 358 g/mol. The van der Waals surface area contributed by atoms with Gasteiger partial charge in [0.15, 0.2) is 0 Å². The maximum Gasteiger partial charge on any atom is 0.262 e. The average molecular weight is 378 g/mol. The molecule has 0 spiro atoms. The minimum absolute atomic E-state index is 0.0803. The Morgan fingerprint density at radius 1 is 1.40 bits per heavy atom. The van der Waals surface area contributed by atoms with Crippen molar-refractivity contribution in [2.75, 3.05) is 44.6 Å². The van der Waals surface area contributed by atoms with Gasteiger partial charge in [-0.2, -0.15) is 5.26 Å². The van der Waals surface area contributed by atoms with Crippen LogP contribution in [0.4, 0.5) is 5.69 Å². The molecule has 0 fully saturated rings. The van der Waals surface area contributed by atoms with E-state index < -0.39 is 5.91 Å². The van der Waals surface area contributed by atoms with Crippen LogP contribution in [0.15, 0.2) is 29.8 Å². The molecule has 0 saturated carbocycles. The quantitative estimate of drug-likeness (QED) is 0.332. The van der Waals surface area contributed by atoms with Crippen LogP contribution < -0.4 is 10.2 Å². The van der Waals surface area contributed by atoms with Crippen LogP contribution in [-0.2, 0) is 9.53 Å². The molecule has 0 unspecified atom stereocenters. The molecular formula is C18H20ClN3O2S. The fourth-order valence-electron chi connectivity index (χ4n) is 2.17. The van der Waals surface area contributed by atoms with Gasteiger partial charge in [-0.15, -0.1) is 22.9 Å². The first-order chi connectivity index (χ1) is 12.0. The number of rotatable bonds is 8. The Bertz CT molecular complexity index is 808. The van der Waals surface area contributed by atoms with Crippen LogP contribution in [-0.4, -0.2) is 45.6 Å². The van der Waals surface area contributed by atoms with Crippen molar-refractivity contribution in [3.8, 4) is 6.07 Å². The van der Waals surface area contributed by atoms with E-state index in [-0.39, 0.29) is 5.57 Å². The molecule has 0 atom stereocenters. The number of halogens is 1. The lowest BCUT2D eigenvalue weighted by molar-refractivity contribution is -0.117. The lowest BCUT2D eigenvalue weighted by Crippen LogP contribution is -2.28. The summed E-state index contributed by atoms with van der Waals surface area (Å²) in [6.07, 6.45) is 1.62. The average Bonchev–Trinajstić information content (AvgIpc) is 3.00. The van der Waals surface area contributed by atoms with Crippen LogP contribution in [0.1, 0.15) is 4.88 Å². The second-order valence-electron chi connectivity index (χ2n) is 5.49. The minimum Gasteiger partial charge on any atom is -0.378 e. The molecule has 1 heterocycles. The van der Waals surface area contributed by atoms with Gasteiger partial charge in [-0.1, -0.05) is 6.07 Å². The Kier molecular flexibility index (Phi) is 7.26. The summed E-state index contributed by atoms with van der Waals surface area (Å²) in [4.78, 5) is 15.0. The maximum absolute atomic E-state index is 12.1. The van der Waals surface area contributed by atoms with E-state index in [1.54, 1.807) is 17.4 Å². The van der Waals surface area contributed by atoms with Crippen molar-refractivity contribution in [1.82, 2.24) is 5.32 Å². The molecule has 0 aliphatic carbocycles. The zero-order chi connectivity index (χ0) is 18.2. The summed E-state index contributed by atoms with van der Waals surface area (Å²) in [5, 5.41) is 13.0. The molecule has 132 valence electrons. The standard InChI is InChI=1S/C18H20ClN3O2S/c1-22(2)15-4-3-13-9-16(25-17(13)11-15)10-14(12-20)18(23)21-6-8-24-7-5-19/h3-4,9-11H,5-8H2,1-2H3,(H,21,23)/b14-10+. The molecule has 1 N–H and O–H groups in total. The van der Waals surface area contributed by atoms with Crippen molar-refractivity contribution in [1.29, 1.82) is 5.26 Å². The SMILES string of the molecule is CN(C)c1ccc2cc(/C=C(\C#N)C(=O)NCCOCCCl)sc2c1. The molecule has 5 nitrogen and oxygen atoms in total. The molecule has 0 aliphatic heterocycles. The van der Waals surface area contributed by atoms with Crippen molar-refractivity contribution in [2.45, 2.75) is 0 Å². The molecule has 0 aliphatic rings. The van der Waals surface area contributed by atoms with Gasteiger partial charge in [0.25, 0.3) is 5.91 Å². The molecule has 1 aromatic carbocycles. The Morgan fingerprint density at radius 2 is 2.20 bits per heavy atom. The van der Waals surface area contributed by atoms with Crippen molar-refractivity contribution in [2.24, 2.45) is 0 Å².